The highest BCUT2D eigenvalue weighted by Gasteiger charge is 2.28. The van der Waals surface area contributed by atoms with E-state index in [0.29, 0.717) is 24.6 Å². The zero-order valence-electron chi connectivity index (χ0n) is 12.8. The summed E-state index contributed by atoms with van der Waals surface area (Å²) in [6.45, 7) is 2.68. The Morgan fingerprint density at radius 2 is 2.17 bits per heavy atom. The molecule has 3 amide bonds. The van der Waals surface area contributed by atoms with Crippen LogP contribution in [0.4, 0.5) is 16.3 Å². The van der Waals surface area contributed by atoms with Gasteiger partial charge in [-0.2, -0.15) is 5.10 Å². The molecule has 1 aliphatic rings. The number of hydrogen-bond donors (Lipinski definition) is 2. The summed E-state index contributed by atoms with van der Waals surface area (Å²) >= 11 is 0. The van der Waals surface area contributed by atoms with Gasteiger partial charge in [0.05, 0.1) is 17.9 Å². The first-order valence-electron chi connectivity index (χ1n) is 7.40. The lowest BCUT2D eigenvalue weighted by atomic mass is 10.3. The quantitative estimate of drug-likeness (QED) is 0.902. The van der Waals surface area contributed by atoms with E-state index in [1.165, 1.54) is 6.92 Å². The third-order valence-corrected chi connectivity index (χ3v) is 3.65. The number of hydrogen-bond acceptors (Lipinski definition) is 4. The van der Waals surface area contributed by atoms with Crippen LogP contribution in [-0.2, 0) is 4.79 Å². The van der Waals surface area contributed by atoms with Crippen LogP contribution in [0.2, 0.25) is 0 Å². The molecule has 2 aromatic heterocycles. The van der Waals surface area contributed by atoms with Gasteiger partial charge in [0.1, 0.15) is 0 Å². The van der Waals surface area contributed by atoms with Crippen LogP contribution in [0.25, 0.3) is 0 Å². The van der Waals surface area contributed by atoms with Crippen molar-refractivity contribution in [3.63, 3.8) is 0 Å². The molecule has 8 nitrogen and oxygen atoms in total. The first-order valence-corrected chi connectivity index (χ1v) is 7.40. The summed E-state index contributed by atoms with van der Waals surface area (Å²) in [5.74, 6) is 0.370. The molecule has 3 rings (SSSR count). The van der Waals surface area contributed by atoms with Gasteiger partial charge in [-0.05, 0) is 18.6 Å². The highest BCUT2D eigenvalue weighted by atomic mass is 16.2. The molecule has 3 heterocycles. The molecule has 1 saturated heterocycles. The van der Waals surface area contributed by atoms with Gasteiger partial charge >= 0.3 is 6.03 Å². The molecule has 0 aromatic carbocycles. The molecule has 1 aliphatic heterocycles. The topological polar surface area (TPSA) is 92.2 Å². The van der Waals surface area contributed by atoms with Crippen molar-refractivity contribution in [2.75, 3.05) is 23.7 Å². The van der Waals surface area contributed by atoms with Crippen molar-refractivity contribution in [1.29, 1.82) is 0 Å². The van der Waals surface area contributed by atoms with E-state index in [2.05, 4.69) is 20.7 Å². The van der Waals surface area contributed by atoms with Crippen LogP contribution in [0.5, 0.6) is 0 Å². The van der Waals surface area contributed by atoms with E-state index in [1.54, 1.807) is 40.2 Å². The molecular formula is C15H18N6O2. The number of anilines is 2. The smallest absolute Gasteiger partial charge is 0.321 e. The first kappa shape index (κ1) is 15.0. The maximum absolute atomic E-state index is 12.2. The maximum Gasteiger partial charge on any atom is 0.321 e. The Bertz CT molecular complexity index is 699. The Kier molecular flexibility index (Phi) is 4.22. The van der Waals surface area contributed by atoms with Crippen LogP contribution in [0.15, 0.2) is 36.8 Å². The monoisotopic (exact) mass is 314 g/mol. The molecule has 2 N–H and O–H groups in total. The summed E-state index contributed by atoms with van der Waals surface area (Å²) in [5, 5.41) is 9.80. The predicted molar refractivity (Wildman–Crippen MR) is 85.0 cm³/mol. The Morgan fingerprint density at radius 3 is 2.91 bits per heavy atom. The minimum Gasteiger partial charge on any atom is -0.322 e. The Morgan fingerprint density at radius 1 is 1.30 bits per heavy atom. The van der Waals surface area contributed by atoms with E-state index in [4.69, 9.17) is 0 Å². The summed E-state index contributed by atoms with van der Waals surface area (Å²) in [5.41, 5.74) is 0.674. The molecule has 0 saturated carbocycles. The largest absolute Gasteiger partial charge is 0.322 e. The fourth-order valence-electron chi connectivity index (χ4n) is 2.57. The number of pyridine rings is 1. The molecule has 0 aliphatic carbocycles. The van der Waals surface area contributed by atoms with Crippen molar-refractivity contribution in [2.24, 2.45) is 0 Å². The summed E-state index contributed by atoms with van der Waals surface area (Å²) in [6.07, 6.45) is 5.91. The predicted octanol–water partition coefficient (Wildman–Crippen LogP) is 1.72. The van der Waals surface area contributed by atoms with E-state index in [9.17, 15) is 9.59 Å². The Balaban J connectivity index is 1.58. The highest BCUT2D eigenvalue weighted by Crippen LogP contribution is 2.22. The number of aromatic nitrogens is 3. The van der Waals surface area contributed by atoms with Crippen molar-refractivity contribution in [3.8, 4) is 0 Å². The van der Waals surface area contributed by atoms with Crippen LogP contribution in [0.1, 0.15) is 19.4 Å². The molecule has 23 heavy (non-hydrogen) atoms. The van der Waals surface area contributed by atoms with Crippen molar-refractivity contribution in [3.05, 3.63) is 36.8 Å². The highest BCUT2D eigenvalue weighted by molar-refractivity contribution is 5.89. The third kappa shape index (κ3) is 3.65. The van der Waals surface area contributed by atoms with Crippen molar-refractivity contribution >= 4 is 23.4 Å². The molecule has 8 heteroatoms. The van der Waals surface area contributed by atoms with Gasteiger partial charge in [0, 0.05) is 38.5 Å². The number of nitrogens with zero attached hydrogens (tertiary/aromatic N) is 4. The lowest BCUT2D eigenvalue weighted by Gasteiger charge is -2.17. The second kappa shape index (κ2) is 6.47. The van der Waals surface area contributed by atoms with Crippen LogP contribution in [0, 0.1) is 0 Å². The summed E-state index contributed by atoms with van der Waals surface area (Å²) in [6, 6.07) is 5.29. The molecular weight excluding hydrogens is 296 g/mol. The van der Waals surface area contributed by atoms with E-state index in [0.717, 1.165) is 6.42 Å². The number of amides is 3. The van der Waals surface area contributed by atoms with Crippen LogP contribution in [0.3, 0.4) is 0 Å². The van der Waals surface area contributed by atoms with Crippen molar-refractivity contribution < 1.29 is 9.59 Å². The maximum atomic E-state index is 12.2. The lowest BCUT2D eigenvalue weighted by Crippen LogP contribution is -2.33. The molecule has 120 valence electrons. The van der Waals surface area contributed by atoms with Crippen LogP contribution < -0.4 is 10.6 Å². The van der Waals surface area contributed by atoms with Crippen molar-refractivity contribution in [2.45, 2.75) is 19.4 Å². The fourth-order valence-corrected chi connectivity index (χ4v) is 2.57. The normalized spacial score (nSPS) is 17.1. The van der Waals surface area contributed by atoms with Gasteiger partial charge < -0.3 is 15.5 Å². The average molecular weight is 314 g/mol. The van der Waals surface area contributed by atoms with E-state index < -0.39 is 0 Å². The number of urea groups is 1. The van der Waals surface area contributed by atoms with Crippen molar-refractivity contribution in [1.82, 2.24) is 19.7 Å². The van der Waals surface area contributed by atoms with Gasteiger partial charge in [-0.15, -0.1) is 0 Å². The van der Waals surface area contributed by atoms with Gasteiger partial charge in [-0.25, -0.2) is 4.79 Å². The van der Waals surface area contributed by atoms with E-state index in [1.807, 2.05) is 6.20 Å². The van der Waals surface area contributed by atoms with Gasteiger partial charge in [-0.1, -0.05) is 0 Å². The average Bonchev–Trinajstić information content (AvgIpc) is 3.16. The number of carbonyl (C=O) groups excluding carboxylic acids is 2. The molecule has 2 aromatic rings. The van der Waals surface area contributed by atoms with Gasteiger partial charge in [0.25, 0.3) is 0 Å². The third-order valence-electron chi connectivity index (χ3n) is 3.65. The van der Waals surface area contributed by atoms with Gasteiger partial charge in [0.15, 0.2) is 5.82 Å². The Labute approximate surface area is 133 Å². The molecule has 0 radical (unpaired) electrons. The zero-order chi connectivity index (χ0) is 16.2. The fraction of sp³-hybridized carbons (Fsp3) is 0.333. The molecule has 0 unspecified atom stereocenters. The molecule has 1 atom stereocenters. The minimum atomic E-state index is -0.154. The SMILES string of the molecule is CC(=O)Nc1ccn([C@H]2CCN(C(=O)Nc3cccnc3)C2)n1. The van der Waals surface area contributed by atoms with Crippen LogP contribution in [-0.4, -0.2) is 44.7 Å². The lowest BCUT2D eigenvalue weighted by molar-refractivity contribution is -0.114. The number of likely N-dealkylation sites (tertiary alicyclic amines) is 1. The summed E-state index contributed by atoms with van der Waals surface area (Å²) < 4.78 is 1.79. The second-order valence-corrected chi connectivity index (χ2v) is 5.42. The summed E-state index contributed by atoms with van der Waals surface area (Å²) in [4.78, 5) is 29.0. The van der Waals surface area contributed by atoms with Gasteiger partial charge in [0.2, 0.25) is 5.91 Å². The molecule has 1 fully saturated rings. The van der Waals surface area contributed by atoms with E-state index in [-0.39, 0.29) is 18.0 Å². The number of nitrogens with one attached hydrogen (secondary N) is 2. The van der Waals surface area contributed by atoms with Gasteiger partial charge in [-0.3, -0.25) is 14.5 Å². The second-order valence-electron chi connectivity index (χ2n) is 5.42. The standard InChI is InChI=1S/C15H18N6O2/c1-11(22)17-14-5-8-21(19-14)13-4-7-20(10-13)15(23)18-12-3-2-6-16-9-12/h2-3,5-6,8-9,13H,4,7,10H2,1H3,(H,18,23)(H,17,19,22)/t13-/m0/s1. The Hall–Kier alpha value is -2.90. The molecule has 0 spiro atoms. The summed E-state index contributed by atoms with van der Waals surface area (Å²) in [7, 11) is 0. The molecule has 0 bridgehead atoms. The number of carbonyl (C=O) groups is 2. The van der Waals surface area contributed by atoms with Crippen LogP contribution >= 0.6 is 0 Å². The van der Waals surface area contributed by atoms with E-state index >= 15 is 0 Å². The number of rotatable bonds is 3. The minimum absolute atomic E-state index is 0.108. The first-order chi connectivity index (χ1) is 11.1. The zero-order valence-corrected chi connectivity index (χ0v) is 12.8.